The number of rotatable bonds is 4. The molecule has 5 nitrogen and oxygen atoms in total. The summed E-state index contributed by atoms with van der Waals surface area (Å²) in [5.74, 6) is -0.856. The van der Waals surface area contributed by atoms with Gasteiger partial charge in [-0.3, -0.25) is 9.59 Å². The molecule has 0 saturated carbocycles. The highest BCUT2D eigenvalue weighted by molar-refractivity contribution is 6.02. The number of anilines is 2. The molecule has 3 rings (SSSR count). The predicted octanol–water partition coefficient (Wildman–Crippen LogP) is 5.06. The van der Waals surface area contributed by atoms with Crippen LogP contribution in [-0.2, 0) is 15.8 Å². The first-order chi connectivity index (χ1) is 13.2. The lowest BCUT2D eigenvalue weighted by atomic mass is 10.1. The Balaban J connectivity index is 1.79. The highest BCUT2D eigenvalue weighted by atomic mass is 19.4. The molecular weight excluding hydrogens is 373 g/mol. The Labute approximate surface area is 157 Å². The molecule has 0 aliphatic rings. The van der Waals surface area contributed by atoms with Gasteiger partial charge in [-0.25, -0.2) is 0 Å². The third-order valence-corrected chi connectivity index (χ3v) is 3.75. The molecule has 8 heteroatoms. The van der Waals surface area contributed by atoms with Gasteiger partial charge in [-0.15, -0.1) is 0 Å². The minimum absolute atomic E-state index is 0.0179. The van der Waals surface area contributed by atoms with Crippen LogP contribution in [0.5, 0.6) is 0 Å². The van der Waals surface area contributed by atoms with Gasteiger partial charge < -0.3 is 15.1 Å². The van der Waals surface area contributed by atoms with Crippen molar-refractivity contribution in [2.45, 2.75) is 13.1 Å². The number of nitrogens with one attached hydrogen (secondary N) is 2. The smallest absolute Gasteiger partial charge is 0.418 e. The number of furan rings is 1. The van der Waals surface area contributed by atoms with Crippen molar-refractivity contribution in [1.82, 2.24) is 0 Å². The van der Waals surface area contributed by atoms with E-state index in [1.807, 2.05) is 12.1 Å². The number of hydrogen-bond donors (Lipinski definition) is 2. The van der Waals surface area contributed by atoms with Crippen molar-refractivity contribution in [3.8, 4) is 0 Å². The average Bonchev–Trinajstić information content (AvgIpc) is 3.03. The minimum atomic E-state index is -4.71. The summed E-state index contributed by atoms with van der Waals surface area (Å²) in [4.78, 5) is 23.1. The molecule has 0 saturated heterocycles. The lowest BCUT2D eigenvalue weighted by Gasteiger charge is -2.15. The zero-order valence-electron chi connectivity index (χ0n) is 14.6. The molecule has 0 atom stereocenters. The fraction of sp³-hybridized carbons (Fsp3) is 0.100. The van der Waals surface area contributed by atoms with E-state index in [-0.39, 0.29) is 5.69 Å². The summed E-state index contributed by atoms with van der Waals surface area (Å²) >= 11 is 0. The third-order valence-electron chi connectivity index (χ3n) is 3.75. The van der Waals surface area contributed by atoms with Crippen LogP contribution < -0.4 is 10.6 Å². The Morgan fingerprint density at radius 3 is 2.46 bits per heavy atom. The molecule has 0 aliphatic heterocycles. The van der Waals surface area contributed by atoms with E-state index < -0.39 is 29.2 Å². The van der Waals surface area contributed by atoms with Gasteiger partial charge in [0.2, 0.25) is 11.8 Å². The third kappa shape index (κ3) is 4.59. The van der Waals surface area contributed by atoms with Crippen molar-refractivity contribution in [3.05, 3.63) is 65.9 Å². The van der Waals surface area contributed by atoms with Gasteiger partial charge in [0.1, 0.15) is 11.3 Å². The van der Waals surface area contributed by atoms with E-state index in [4.69, 9.17) is 4.42 Å². The van der Waals surface area contributed by atoms with Crippen molar-refractivity contribution in [2.75, 3.05) is 10.6 Å². The minimum Gasteiger partial charge on any atom is -0.457 e. The largest absolute Gasteiger partial charge is 0.457 e. The van der Waals surface area contributed by atoms with Gasteiger partial charge in [-0.1, -0.05) is 18.2 Å². The van der Waals surface area contributed by atoms with Crippen LogP contribution in [0.25, 0.3) is 17.0 Å². The topological polar surface area (TPSA) is 71.3 Å². The van der Waals surface area contributed by atoms with Crippen LogP contribution in [0.3, 0.4) is 0 Å². The molecule has 0 unspecified atom stereocenters. The molecule has 2 N–H and O–H groups in total. The second-order valence-electron chi connectivity index (χ2n) is 5.95. The van der Waals surface area contributed by atoms with Crippen molar-refractivity contribution in [1.29, 1.82) is 0 Å². The Morgan fingerprint density at radius 1 is 1.04 bits per heavy atom. The first-order valence-corrected chi connectivity index (χ1v) is 8.19. The van der Waals surface area contributed by atoms with Crippen LogP contribution in [0, 0.1) is 0 Å². The standard InChI is InChI=1S/C20H15F3N2O3/c1-12(26)24-14-6-8-17(16(11-14)20(21,22)23)25-19(27)9-7-15-10-13-4-2-3-5-18(13)28-15/h2-11H,1H3,(H,24,26)(H,25,27)/b9-7+. The number of carbonyl (C=O) groups is 2. The van der Waals surface area contributed by atoms with Crippen molar-refractivity contribution in [3.63, 3.8) is 0 Å². The molecule has 2 aromatic carbocycles. The molecule has 144 valence electrons. The molecule has 0 fully saturated rings. The van der Waals surface area contributed by atoms with Crippen LogP contribution in [-0.4, -0.2) is 11.8 Å². The highest BCUT2D eigenvalue weighted by Gasteiger charge is 2.34. The van der Waals surface area contributed by atoms with Crippen LogP contribution in [0.15, 0.2) is 59.0 Å². The molecule has 3 aromatic rings. The summed E-state index contributed by atoms with van der Waals surface area (Å²) < 4.78 is 45.4. The summed E-state index contributed by atoms with van der Waals surface area (Å²) in [5.41, 5.74) is -0.865. The molecule has 28 heavy (non-hydrogen) atoms. The molecule has 0 bridgehead atoms. The number of para-hydroxylation sites is 1. The fourth-order valence-corrected chi connectivity index (χ4v) is 2.59. The SMILES string of the molecule is CC(=O)Nc1ccc(NC(=O)/C=C/c2cc3ccccc3o2)c(C(F)(F)F)c1. The van der Waals surface area contributed by atoms with Crippen molar-refractivity contribution in [2.24, 2.45) is 0 Å². The second kappa shape index (κ2) is 7.59. The Morgan fingerprint density at radius 2 is 1.79 bits per heavy atom. The molecule has 2 amide bonds. The van der Waals surface area contributed by atoms with E-state index in [9.17, 15) is 22.8 Å². The Kier molecular flexibility index (Phi) is 5.21. The summed E-state index contributed by atoms with van der Waals surface area (Å²) in [7, 11) is 0. The van der Waals surface area contributed by atoms with E-state index in [1.54, 1.807) is 18.2 Å². The average molecular weight is 388 g/mol. The maximum absolute atomic E-state index is 13.3. The first kappa shape index (κ1) is 19.2. The first-order valence-electron chi connectivity index (χ1n) is 8.19. The van der Waals surface area contributed by atoms with Gasteiger partial charge >= 0.3 is 6.18 Å². The lowest BCUT2D eigenvalue weighted by molar-refractivity contribution is -0.137. The van der Waals surface area contributed by atoms with Gasteiger partial charge in [0.15, 0.2) is 0 Å². The van der Waals surface area contributed by atoms with Crippen LogP contribution >= 0.6 is 0 Å². The lowest BCUT2D eigenvalue weighted by Crippen LogP contribution is -2.16. The predicted molar refractivity (Wildman–Crippen MR) is 99.6 cm³/mol. The number of fused-ring (bicyclic) bond motifs is 1. The number of hydrogen-bond acceptors (Lipinski definition) is 3. The van der Waals surface area contributed by atoms with E-state index in [2.05, 4.69) is 10.6 Å². The van der Waals surface area contributed by atoms with Crippen LogP contribution in [0.2, 0.25) is 0 Å². The molecule has 1 aromatic heterocycles. The van der Waals surface area contributed by atoms with Crippen LogP contribution in [0.4, 0.5) is 24.5 Å². The maximum atomic E-state index is 13.3. The van der Waals surface area contributed by atoms with E-state index in [0.717, 1.165) is 23.6 Å². The highest BCUT2D eigenvalue weighted by Crippen LogP contribution is 2.36. The maximum Gasteiger partial charge on any atom is 0.418 e. The van der Waals surface area contributed by atoms with Gasteiger partial charge in [0, 0.05) is 24.1 Å². The molecule has 0 aliphatic carbocycles. The second-order valence-corrected chi connectivity index (χ2v) is 5.95. The number of alkyl halides is 3. The zero-order valence-corrected chi connectivity index (χ0v) is 14.6. The van der Waals surface area contributed by atoms with Gasteiger partial charge in [-0.2, -0.15) is 13.2 Å². The molecular formula is C20H15F3N2O3. The normalized spacial score (nSPS) is 11.7. The van der Waals surface area contributed by atoms with Gasteiger partial charge in [0.25, 0.3) is 0 Å². The number of amides is 2. The summed E-state index contributed by atoms with van der Waals surface area (Å²) in [6.07, 6.45) is -2.26. The fourth-order valence-electron chi connectivity index (χ4n) is 2.59. The summed E-state index contributed by atoms with van der Waals surface area (Å²) in [5, 5.41) is 5.32. The number of halogens is 3. The monoisotopic (exact) mass is 388 g/mol. The zero-order chi connectivity index (χ0) is 20.3. The molecule has 0 spiro atoms. The quantitative estimate of drug-likeness (QED) is 0.614. The van der Waals surface area contributed by atoms with E-state index >= 15 is 0 Å². The van der Waals surface area contributed by atoms with Gasteiger partial charge in [-0.05, 0) is 36.4 Å². The number of carbonyl (C=O) groups excluding carboxylic acids is 2. The van der Waals surface area contributed by atoms with Gasteiger partial charge in [0.05, 0.1) is 11.3 Å². The van der Waals surface area contributed by atoms with Crippen LogP contribution in [0.1, 0.15) is 18.2 Å². The van der Waals surface area contributed by atoms with Crippen molar-refractivity contribution >= 4 is 40.2 Å². The Bertz CT molecular complexity index is 1030. The molecule has 0 radical (unpaired) electrons. The number of benzene rings is 2. The summed E-state index contributed by atoms with van der Waals surface area (Å²) in [6.45, 7) is 1.19. The Hall–Kier alpha value is -3.55. The van der Waals surface area contributed by atoms with Crippen molar-refractivity contribution < 1.29 is 27.2 Å². The summed E-state index contributed by atoms with van der Waals surface area (Å²) in [6, 6.07) is 12.1. The van der Waals surface area contributed by atoms with E-state index in [1.165, 1.54) is 19.1 Å². The molecule has 1 heterocycles. The van der Waals surface area contributed by atoms with E-state index in [0.29, 0.717) is 11.3 Å².